The molecule has 7 heteroatoms. The maximum Gasteiger partial charge on any atom is 0.308 e. The number of carbonyl (C=O) groups is 2. The zero-order valence-electron chi connectivity index (χ0n) is 11.9. The van der Waals surface area contributed by atoms with Gasteiger partial charge in [0.25, 0.3) is 5.91 Å². The van der Waals surface area contributed by atoms with E-state index in [0.717, 1.165) is 0 Å². The second kappa shape index (κ2) is 7.52. The molecular formula is C14H17Cl2NO4. The van der Waals surface area contributed by atoms with Gasteiger partial charge in [-0.3, -0.25) is 9.59 Å². The molecule has 21 heavy (non-hydrogen) atoms. The molecule has 0 bridgehead atoms. The Kier molecular flexibility index (Phi) is 6.30. The van der Waals surface area contributed by atoms with Gasteiger partial charge in [-0.15, -0.1) is 0 Å². The molecule has 0 aliphatic carbocycles. The summed E-state index contributed by atoms with van der Waals surface area (Å²) in [4.78, 5) is 22.8. The van der Waals surface area contributed by atoms with Crippen LogP contribution in [0.15, 0.2) is 18.2 Å². The Hall–Kier alpha value is -1.46. The molecule has 2 N–H and O–H groups in total. The maximum absolute atomic E-state index is 12.0. The van der Waals surface area contributed by atoms with E-state index in [1.807, 2.05) is 0 Å². The van der Waals surface area contributed by atoms with Crippen LogP contribution in [0.2, 0.25) is 10.0 Å². The number of carbonyl (C=O) groups excluding carboxylic acids is 1. The van der Waals surface area contributed by atoms with Crippen molar-refractivity contribution >= 4 is 35.1 Å². The summed E-state index contributed by atoms with van der Waals surface area (Å²) in [7, 11) is 0. The fourth-order valence-electron chi connectivity index (χ4n) is 1.50. The maximum atomic E-state index is 12.0. The van der Waals surface area contributed by atoms with Crippen LogP contribution in [0, 0.1) is 5.92 Å². The van der Waals surface area contributed by atoms with Crippen molar-refractivity contribution in [3.8, 4) is 5.75 Å². The lowest BCUT2D eigenvalue weighted by atomic mass is 10.0. The van der Waals surface area contributed by atoms with E-state index in [0.29, 0.717) is 10.8 Å². The molecule has 0 aliphatic rings. The standard InChI is InChI=1S/C14H17Cl2NO4/c1-7(14(19)20)8(2)17-13(18)9(3)21-11-6-4-5-10(15)12(11)16/h4-9H,1-3H3,(H,17,18)(H,19,20). The first-order chi connectivity index (χ1) is 9.73. The number of amides is 1. The summed E-state index contributed by atoms with van der Waals surface area (Å²) in [5.41, 5.74) is 0. The average Bonchev–Trinajstić information content (AvgIpc) is 2.42. The van der Waals surface area contributed by atoms with E-state index in [-0.39, 0.29) is 5.02 Å². The fraction of sp³-hybridized carbons (Fsp3) is 0.429. The minimum atomic E-state index is -0.978. The van der Waals surface area contributed by atoms with E-state index in [1.54, 1.807) is 32.0 Å². The molecule has 0 fully saturated rings. The van der Waals surface area contributed by atoms with Crippen molar-refractivity contribution in [1.82, 2.24) is 5.32 Å². The van der Waals surface area contributed by atoms with Crippen LogP contribution < -0.4 is 10.1 Å². The van der Waals surface area contributed by atoms with Crippen molar-refractivity contribution in [3.63, 3.8) is 0 Å². The van der Waals surface area contributed by atoms with E-state index in [2.05, 4.69) is 5.32 Å². The lowest BCUT2D eigenvalue weighted by Crippen LogP contribution is -2.45. The van der Waals surface area contributed by atoms with E-state index in [9.17, 15) is 9.59 Å². The van der Waals surface area contributed by atoms with E-state index in [1.165, 1.54) is 6.92 Å². The van der Waals surface area contributed by atoms with Gasteiger partial charge in [0.2, 0.25) is 0 Å². The first kappa shape index (κ1) is 17.6. The van der Waals surface area contributed by atoms with Crippen molar-refractivity contribution in [1.29, 1.82) is 0 Å². The normalized spacial score (nSPS) is 14.9. The molecule has 0 aromatic heterocycles. The quantitative estimate of drug-likeness (QED) is 0.839. The molecule has 1 aromatic rings. The van der Waals surface area contributed by atoms with Crippen molar-refractivity contribution in [2.24, 2.45) is 5.92 Å². The van der Waals surface area contributed by atoms with Gasteiger partial charge in [0, 0.05) is 6.04 Å². The van der Waals surface area contributed by atoms with Gasteiger partial charge in [-0.1, -0.05) is 29.3 Å². The molecule has 0 radical (unpaired) electrons. The van der Waals surface area contributed by atoms with Gasteiger partial charge in [-0.05, 0) is 32.9 Å². The first-order valence-corrected chi connectivity index (χ1v) is 7.13. The number of benzene rings is 1. The number of hydrogen-bond acceptors (Lipinski definition) is 3. The fourth-order valence-corrected chi connectivity index (χ4v) is 1.84. The minimum Gasteiger partial charge on any atom is -0.481 e. The van der Waals surface area contributed by atoms with Gasteiger partial charge in [0.05, 0.1) is 10.9 Å². The van der Waals surface area contributed by atoms with Gasteiger partial charge in [-0.25, -0.2) is 0 Å². The molecule has 116 valence electrons. The molecule has 0 aliphatic heterocycles. The van der Waals surface area contributed by atoms with Gasteiger partial charge >= 0.3 is 5.97 Å². The number of hydrogen-bond donors (Lipinski definition) is 2. The van der Waals surface area contributed by atoms with Crippen LogP contribution in [-0.4, -0.2) is 29.1 Å². The number of rotatable bonds is 6. The van der Waals surface area contributed by atoms with E-state index >= 15 is 0 Å². The van der Waals surface area contributed by atoms with Gasteiger partial charge in [-0.2, -0.15) is 0 Å². The summed E-state index contributed by atoms with van der Waals surface area (Å²) >= 11 is 11.8. The lowest BCUT2D eigenvalue weighted by Gasteiger charge is -2.21. The highest BCUT2D eigenvalue weighted by Crippen LogP contribution is 2.32. The zero-order valence-corrected chi connectivity index (χ0v) is 13.4. The van der Waals surface area contributed by atoms with Crippen LogP contribution in [0.4, 0.5) is 0 Å². The molecular weight excluding hydrogens is 317 g/mol. The Morgan fingerprint density at radius 2 is 1.86 bits per heavy atom. The molecule has 5 nitrogen and oxygen atoms in total. The Bertz CT molecular complexity index is 536. The highest BCUT2D eigenvalue weighted by molar-refractivity contribution is 6.42. The molecule has 3 atom stereocenters. The number of aliphatic carboxylic acids is 1. The van der Waals surface area contributed by atoms with Crippen molar-refractivity contribution < 1.29 is 19.4 Å². The monoisotopic (exact) mass is 333 g/mol. The second-order valence-electron chi connectivity index (χ2n) is 4.74. The van der Waals surface area contributed by atoms with Crippen molar-refractivity contribution in [3.05, 3.63) is 28.2 Å². The molecule has 3 unspecified atom stereocenters. The second-order valence-corrected chi connectivity index (χ2v) is 5.52. The predicted molar refractivity (Wildman–Crippen MR) is 81.0 cm³/mol. The molecule has 0 saturated heterocycles. The average molecular weight is 334 g/mol. The number of nitrogens with one attached hydrogen (secondary N) is 1. The summed E-state index contributed by atoms with van der Waals surface area (Å²) in [5, 5.41) is 12.0. The molecule has 0 spiro atoms. The van der Waals surface area contributed by atoms with Crippen molar-refractivity contribution in [2.75, 3.05) is 0 Å². The zero-order chi connectivity index (χ0) is 16.2. The smallest absolute Gasteiger partial charge is 0.308 e. The Morgan fingerprint density at radius 1 is 1.24 bits per heavy atom. The number of ether oxygens (including phenoxy) is 1. The van der Waals surface area contributed by atoms with E-state index < -0.39 is 29.9 Å². The third-order valence-corrected chi connectivity index (χ3v) is 3.90. The topological polar surface area (TPSA) is 75.6 Å². The molecule has 1 rings (SSSR count). The number of carboxylic acid groups (broad SMARTS) is 1. The van der Waals surface area contributed by atoms with Crippen LogP contribution in [0.25, 0.3) is 0 Å². The van der Waals surface area contributed by atoms with Crippen LogP contribution in [0.1, 0.15) is 20.8 Å². The SMILES string of the molecule is CC(Oc1cccc(Cl)c1Cl)C(=O)NC(C)C(C)C(=O)O. The van der Waals surface area contributed by atoms with Crippen LogP contribution >= 0.6 is 23.2 Å². The summed E-state index contributed by atoms with van der Waals surface area (Å²) in [6, 6.07) is 4.35. The number of halogens is 2. The van der Waals surface area contributed by atoms with Crippen molar-refractivity contribution in [2.45, 2.75) is 32.9 Å². The highest BCUT2D eigenvalue weighted by atomic mass is 35.5. The molecule has 0 heterocycles. The highest BCUT2D eigenvalue weighted by Gasteiger charge is 2.24. The van der Waals surface area contributed by atoms with Crippen LogP contribution in [-0.2, 0) is 9.59 Å². The molecule has 1 amide bonds. The Morgan fingerprint density at radius 3 is 2.43 bits per heavy atom. The molecule has 1 aromatic carbocycles. The van der Waals surface area contributed by atoms with Crippen LogP contribution in [0.3, 0.4) is 0 Å². The largest absolute Gasteiger partial charge is 0.481 e. The third-order valence-electron chi connectivity index (χ3n) is 3.10. The van der Waals surface area contributed by atoms with E-state index in [4.69, 9.17) is 33.0 Å². The van der Waals surface area contributed by atoms with Crippen LogP contribution in [0.5, 0.6) is 5.75 Å². The summed E-state index contributed by atoms with van der Waals surface area (Å²) in [6.45, 7) is 4.69. The number of carboxylic acids is 1. The Balaban J connectivity index is 2.67. The van der Waals surface area contributed by atoms with Gasteiger partial charge in [0.15, 0.2) is 6.10 Å². The lowest BCUT2D eigenvalue weighted by molar-refractivity contribution is -0.142. The Labute approximate surface area is 133 Å². The van der Waals surface area contributed by atoms with Gasteiger partial charge < -0.3 is 15.2 Å². The van der Waals surface area contributed by atoms with Gasteiger partial charge in [0.1, 0.15) is 10.8 Å². The minimum absolute atomic E-state index is 0.228. The first-order valence-electron chi connectivity index (χ1n) is 6.38. The summed E-state index contributed by atoms with van der Waals surface area (Å²) in [5.74, 6) is -1.80. The summed E-state index contributed by atoms with van der Waals surface area (Å²) in [6.07, 6.45) is -0.829. The predicted octanol–water partition coefficient (Wildman–Crippen LogP) is 2.99. The molecule has 0 saturated carbocycles. The summed E-state index contributed by atoms with van der Waals surface area (Å²) < 4.78 is 5.45. The third kappa shape index (κ3) is 4.79.